The Hall–Kier alpha value is -0.190. The van der Waals surface area contributed by atoms with Gasteiger partial charge in [0, 0.05) is 6.04 Å². The fourth-order valence-corrected chi connectivity index (χ4v) is 1.98. The predicted molar refractivity (Wildman–Crippen MR) is 81.3 cm³/mol. The summed E-state index contributed by atoms with van der Waals surface area (Å²) in [5, 5.41) is 5.92. The first kappa shape index (κ1) is 16.9. The number of hydrogen-bond donors (Lipinski definition) is 2. The van der Waals surface area contributed by atoms with Gasteiger partial charge in [-0.05, 0) is 26.0 Å². The SMILES string of the molecule is CC(C)NC(NC(=O)c1ccccc1Cl)C(Cl)(Cl)Cl. The zero-order valence-corrected chi connectivity index (χ0v) is 13.4. The maximum Gasteiger partial charge on any atom is 0.254 e. The summed E-state index contributed by atoms with van der Waals surface area (Å²) in [6.45, 7) is 3.76. The zero-order chi connectivity index (χ0) is 14.6. The van der Waals surface area contributed by atoms with Gasteiger partial charge in [0.05, 0.1) is 10.6 Å². The fourth-order valence-electron chi connectivity index (χ4n) is 1.41. The summed E-state index contributed by atoms with van der Waals surface area (Å²) < 4.78 is -1.67. The molecule has 7 heteroatoms. The Morgan fingerprint density at radius 1 is 1.21 bits per heavy atom. The van der Waals surface area contributed by atoms with Crippen LogP contribution in [0.5, 0.6) is 0 Å². The molecule has 1 aromatic rings. The summed E-state index contributed by atoms with van der Waals surface area (Å²) in [6.07, 6.45) is -0.818. The summed E-state index contributed by atoms with van der Waals surface area (Å²) in [5.74, 6) is -0.407. The van der Waals surface area contributed by atoms with Gasteiger partial charge in [-0.1, -0.05) is 58.5 Å². The van der Waals surface area contributed by atoms with Crippen molar-refractivity contribution in [3.8, 4) is 0 Å². The summed E-state index contributed by atoms with van der Waals surface area (Å²) in [5.41, 5.74) is 0.328. The average molecular weight is 344 g/mol. The van der Waals surface area contributed by atoms with Crippen LogP contribution >= 0.6 is 46.4 Å². The van der Waals surface area contributed by atoms with Crippen LogP contribution in [0.3, 0.4) is 0 Å². The number of amides is 1. The van der Waals surface area contributed by atoms with E-state index >= 15 is 0 Å². The lowest BCUT2D eigenvalue weighted by Crippen LogP contribution is -2.55. The molecule has 0 saturated carbocycles. The average Bonchev–Trinajstić information content (AvgIpc) is 2.26. The van der Waals surface area contributed by atoms with Crippen molar-refractivity contribution in [2.45, 2.75) is 29.8 Å². The van der Waals surface area contributed by atoms with E-state index in [2.05, 4.69) is 10.6 Å². The Labute approximate surface area is 132 Å². The van der Waals surface area contributed by atoms with Crippen LogP contribution in [0.2, 0.25) is 5.02 Å². The highest BCUT2D eigenvalue weighted by Gasteiger charge is 2.34. The van der Waals surface area contributed by atoms with Crippen molar-refractivity contribution in [3.63, 3.8) is 0 Å². The third kappa shape index (κ3) is 5.36. The second kappa shape index (κ2) is 7.00. The summed E-state index contributed by atoms with van der Waals surface area (Å²) in [7, 11) is 0. The van der Waals surface area contributed by atoms with Crippen LogP contribution in [0.15, 0.2) is 24.3 Å². The van der Waals surface area contributed by atoms with E-state index in [4.69, 9.17) is 46.4 Å². The minimum absolute atomic E-state index is 0.0344. The normalized spacial score (nSPS) is 13.4. The van der Waals surface area contributed by atoms with Gasteiger partial charge in [-0.25, -0.2) is 0 Å². The number of benzene rings is 1. The van der Waals surface area contributed by atoms with Crippen LogP contribution in [0, 0.1) is 0 Å². The minimum Gasteiger partial charge on any atom is -0.333 e. The molecule has 0 aliphatic heterocycles. The third-order valence-electron chi connectivity index (χ3n) is 2.22. The topological polar surface area (TPSA) is 41.1 Å². The molecule has 2 N–H and O–H groups in total. The molecule has 0 spiro atoms. The van der Waals surface area contributed by atoms with Crippen molar-refractivity contribution in [1.29, 1.82) is 0 Å². The molecule has 0 radical (unpaired) electrons. The van der Waals surface area contributed by atoms with Crippen molar-refractivity contribution < 1.29 is 4.79 Å². The Balaban J connectivity index is 2.86. The molecule has 0 aliphatic carbocycles. The van der Waals surface area contributed by atoms with Gasteiger partial charge in [-0.15, -0.1) is 0 Å². The lowest BCUT2D eigenvalue weighted by atomic mass is 10.2. The van der Waals surface area contributed by atoms with E-state index in [1.807, 2.05) is 13.8 Å². The molecule has 3 nitrogen and oxygen atoms in total. The Kier molecular flexibility index (Phi) is 6.21. The Bertz CT molecular complexity index is 446. The molecule has 1 atom stereocenters. The second-order valence-electron chi connectivity index (χ2n) is 4.25. The van der Waals surface area contributed by atoms with E-state index < -0.39 is 15.9 Å². The van der Waals surface area contributed by atoms with Crippen LogP contribution in [-0.4, -0.2) is 21.9 Å². The van der Waals surface area contributed by atoms with Gasteiger partial charge in [0.2, 0.25) is 3.79 Å². The molecular weight excluding hydrogens is 330 g/mol. The summed E-state index contributed by atoms with van der Waals surface area (Å²) in [4.78, 5) is 12.1. The molecule has 0 aliphatic rings. The van der Waals surface area contributed by atoms with Crippen molar-refractivity contribution >= 4 is 52.3 Å². The number of halogens is 4. The van der Waals surface area contributed by atoms with Gasteiger partial charge >= 0.3 is 0 Å². The van der Waals surface area contributed by atoms with Crippen LogP contribution in [0.4, 0.5) is 0 Å². The smallest absolute Gasteiger partial charge is 0.254 e. The van der Waals surface area contributed by atoms with Crippen LogP contribution in [0.1, 0.15) is 24.2 Å². The molecule has 1 unspecified atom stereocenters. The fraction of sp³-hybridized carbons (Fsp3) is 0.417. The highest BCUT2D eigenvalue weighted by molar-refractivity contribution is 6.68. The van der Waals surface area contributed by atoms with E-state index in [9.17, 15) is 4.79 Å². The van der Waals surface area contributed by atoms with E-state index in [1.165, 1.54) is 0 Å². The monoisotopic (exact) mass is 342 g/mol. The number of carbonyl (C=O) groups excluding carboxylic acids is 1. The Morgan fingerprint density at radius 2 is 1.79 bits per heavy atom. The first-order chi connectivity index (χ1) is 8.71. The van der Waals surface area contributed by atoms with Crippen molar-refractivity contribution in [3.05, 3.63) is 34.9 Å². The number of hydrogen-bond acceptors (Lipinski definition) is 2. The van der Waals surface area contributed by atoms with Gasteiger partial charge in [-0.3, -0.25) is 10.1 Å². The van der Waals surface area contributed by atoms with Gasteiger partial charge in [0.15, 0.2) is 0 Å². The summed E-state index contributed by atoms with van der Waals surface area (Å²) >= 11 is 23.4. The molecule has 1 rings (SSSR count). The molecular formula is C12H14Cl4N2O. The molecule has 0 heterocycles. The highest BCUT2D eigenvalue weighted by Crippen LogP contribution is 2.29. The number of nitrogens with one attached hydrogen (secondary N) is 2. The first-order valence-corrected chi connectivity index (χ1v) is 7.11. The van der Waals surface area contributed by atoms with Gasteiger partial charge in [0.1, 0.15) is 6.17 Å². The number of carbonyl (C=O) groups is 1. The van der Waals surface area contributed by atoms with Crippen molar-refractivity contribution in [1.82, 2.24) is 10.6 Å². The van der Waals surface area contributed by atoms with E-state index in [0.29, 0.717) is 10.6 Å². The lowest BCUT2D eigenvalue weighted by Gasteiger charge is -2.28. The van der Waals surface area contributed by atoms with Crippen molar-refractivity contribution in [2.24, 2.45) is 0 Å². The van der Waals surface area contributed by atoms with E-state index in [-0.39, 0.29) is 6.04 Å². The molecule has 19 heavy (non-hydrogen) atoms. The molecule has 0 fully saturated rings. The first-order valence-electron chi connectivity index (χ1n) is 5.60. The second-order valence-corrected chi connectivity index (χ2v) is 7.03. The van der Waals surface area contributed by atoms with E-state index in [0.717, 1.165) is 0 Å². The zero-order valence-electron chi connectivity index (χ0n) is 10.4. The lowest BCUT2D eigenvalue weighted by molar-refractivity contribution is 0.0928. The third-order valence-corrected chi connectivity index (χ3v) is 3.21. The van der Waals surface area contributed by atoms with Crippen LogP contribution in [0.25, 0.3) is 0 Å². The maximum atomic E-state index is 12.1. The van der Waals surface area contributed by atoms with Crippen LogP contribution < -0.4 is 10.6 Å². The number of alkyl halides is 3. The van der Waals surface area contributed by atoms with Gasteiger partial charge in [0.25, 0.3) is 5.91 Å². The molecule has 1 aromatic carbocycles. The van der Waals surface area contributed by atoms with E-state index in [1.54, 1.807) is 24.3 Å². The van der Waals surface area contributed by atoms with Gasteiger partial charge < -0.3 is 5.32 Å². The molecule has 0 saturated heterocycles. The van der Waals surface area contributed by atoms with Crippen molar-refractivity contribution in [2.75, 3.05) is 0 Å². The standard InChI is InChI=1S/C12H14Cl4N2O/c1-7(2)17-11(12(14,15)16)18-10(19)8-5-3-4-6-9(8)13/h3-7,11,17H,1-2H3,(H,18,19). The minimum atomic E-state index is -1.67. The maximum absolute atomic E-state index is 12.1. The number of rotatable bonds is 4. The molecule has 1 amide bonds. The quantitative estimate of drug-likeness (QED) is 0.645. The van der Waals surface area contributed by atoms with Gasteiger partial charge in [-0.2, -0.15) is 0 Å². The predicted octanol–water partition coefficient (Wildman–Crippen LogP) is 3.76. The molecule has 106 valence electrons. The molecule has 0 aromatic heterocycles. The highest BCUT2D eigenvalue weighted by atomic mass is 35.6. The Morgan fingerprint density at radius 3 is 2.26 bits per heavy atom. The van der Waals surface area contributed by atoms with Crippen LogP contribution in [-0.2, 0) is 0 Å². The summed E-state index contributed by atoms with van der Waals surface area (Å²) in [6, 6.07) is 6.70. The molecule has 0 bridgehead atoms. The largest absolute Gasteiger partial charge is 0.333 e.